The molecule has 1 aromatic rings. The van der Waals surface area contributed by atoms with Crippen LogP contribution in [0, 0.1) is 0 Å². The van der Waals surface area contributed by atoms with E-state index >= 15 is 0 Å². The summed E-state index contributed by atoms with van der Waals surface area (Å²) in [6.45, 7) is 2.29. The van der Waals surface area contributed by atoms with E-state index in [4.69, 9.17) is 0 Å². The molecule has 0 amide bonds. The predicted octanol–water partition coefficient (Wildman–Crippen LogP) is 2.59. The van der Waals surface area contributed by atoms with Crippen molar-refractivity contribution in [3.8, 4) is 0 Å². The van der Waals surface area contributed by atoms with Crippen molar-refractivity contribution in [2.24, 2.45) is 0 Å². The number of likely N-dealkylation sites (N-methyl/N-ethyl adjacent to an activating group) is 1. The minimum Gasteiger partial charge on any atom is -0.369 e. The van der Waals surface area contributed by atoms with Crippen molar-refractivity contribution in [2.45, 2.75) is 12.5 Å². The molecule has 1 heterocycles. The Balaban J connectivity index is 2.11. The van der Waals surface area contributed by atoms with Crippen LogP contribution in [0.4, 0.5) is 5.69 Å². The van der Waals surface area contributed by atoms with Gasteiger partial charge in [0.05, 0.1) is 5.69 Å². The lowest BCUT2D eigenvalue weighted by atomic mass is 10.2. The molecule has 0 spiro atoms. The predicted molar refractivity (Wildman–Crippen MR) is 68.4 cm³/mol. The van der Waals surface area contributed by atoms with Crippen molar-refractivity contribution >= 4 is 21.6 Å². The first-order valence-electron chi connectivity index (χ1n) is 5.34. The van der Waals surface area contributed by atoms with Crippen molar-refractivity contribution in [1.29, 1.82) is 0 Å². The maximum Gasteiger partial charge on any atom is 0.0511 e. The summed E-state index contributed by atoms with van der Waals surface area (Å²) in [6, 6.07) is 9.15. The second-order valence-corrected chi connectivity index (χ2v) is 5.16. The zero-order chi connectivity index (χ0) is 10.8. The first-order chi connectivity index (χ1) is 7.18. The molecule has 1 aliphatic rings. The normalized spacial score (nSPS) is 21.3. The number of hydrogen-bond acceptors (Lipinski definition) is 2. The SMILES string of the molecule is CN(C)C1CCN(c2ccccc2Br)C1. The van der Waals surface area contributed by atoms with Crippen molar-refractivity contribution in [3.63, 3.8) is 0 Å². The van der Waals surface area contributed by atoms with E-state index in [9.17, 15) is 0 Å². The zero-order valence-corrected chi connectivity index (χ0v) is 10.9. The van der Waals surface area contributed by atoms with Crippen LogP contribution in [-0.2, 0) is 0 Å². The average Bonchev–Trinajstić information content (AvgIpc) is 2.67. The standard InChI is InChI=1S/C12H17BrN2/c1-14(2)10-7-8-15(9-10)12-6-4-3-5-11(12)13/h3-6,10H,7-9H2,1-2H3. The van der Waals surface area contributed by atoms with E-state index in [1.165, 1.54) is 16.6 Å². The van der Waals surface area contributed by atoms with Crippen LogP contribution in [0.25, 0.3) is 0 Å². The second-order valence-electron chi connectivity index (χ2n) is 4.30. The summed E-state index contributed by atoms with van der Waals surface area (Å²) in [4.78, 5) is 4.77. The first kappa shape index (κ1) is 11.0. The van der Waals surface area contributed by atoms with E-state index in [-0.39, 0.29) is 0 Å². The molecule has 0 N–H and O–H groups in total. The summed E-state index contributed by atoms with van der Waals surface area (Å²) in [7, 11) is 4.32. The maximum absolute atomic E-state index is 3.61. The Morgan fingerprint density at radius 1 is 1.33 bits per heavy atom. The van der Waals surface area contributed by atoms with Gasteiger partial charge in [-0.1, -0.05) is 12.1 Å². The summed E-state index contributed by atoms with van der Waals surface area (Å²) in [5, 5.41) is 0. The highest BCUT2D eigenvalue weighted by Gasteiger charge is 2.24. The van der Waals surface area contributed by atoms with Crippen LogP contribution in [0.5, 0.6) is 0 Å². The fourth-order valence-corrected chi connectivity index (χ4v) is 2.63. The number of para-hydroxylation sites is 1. The van der Waals surface area contributed by atoms with Gasteiger partial charge >= 0.3 is 0 Å². The fourth-order valence-electron chi connectivity index (χ4n) is 2.09. The molecule has 15 heavy (non-hydrogen) atoms. The lowest BCUT2D eigenvalue weighted by Crippen LogP contribution is -2.31. The molecule has 1 unspecified atom stereocenters. The Labute approximate surface area is 100 Å². The second kappa shape index (κ2) is 4.54. The van der Waals surface area contributed by atoms with Crippen molar-refractivity contribution < 1.29 is 0 Å². The van der Waals surface area contributed by atoms with Crippen molar-refractivity contribution in [3.05, 3.63) is 28.7 Å². The molecule has 1 fully saturated rings. The van der Waals surface area contributed by atoms with Gasteiger partial charge in [0.25, 0.3) is 0 Å². The number of benzene rings is 1. The third-order valence-electron chi connectivity index (χ3n) is 3.09. The van der Waals surface area contributed by atoms with Gasteiger partial charge in [0.15, 0.2) is 0 Å². The topological polar surface area (TPSA) is 6.48 Å². The van der Waals surface area contributed by atoms with E-state index in [2.05, 4.69) is 64.1 Å². The van der Waals surface area contributed by atoms with E-state index in [1.807, 2.05) is 0 Å². The van der Waals surface area contributed by atoms with Crippen LogP contribution in [0.1, 0.15) is 6.42 Å². The van der Waals surface area contributed by atoms with E-state index in [1.54, 1.807) is 0 Å². The van der Waals surface area contributed by atoms with E-state index in [0.29, 0.717) is 6.04 Å². The molecule has 2 nitrogen and oxygen atoms in total. The van der Waals surface area contributed by atoms with Crippen molar-refractivity contribution in [2.75, 3.05) is 32.1 Å². The minimum atomic E-state index is 0.692. The van der Waals surface area contributed by atoms with Crippen molar-refractivity contribution in [1.82, 2.24) is 4.90 Å². The molecule has 1 atom stereocenters. The van der Waals surface area contributed by atoms with Gasteiger partial charge in [0.2, 0.25) is 0 Å². The number of nitrogens with zero attached hydrogens (tertiary/aromatic N) is 2. The van der Waals surface area contributed by atoms with Crippen LogP contribution >= 0.6 is 15.9 Å². The molecule has 0 saturated carbocycles. The number of hydrogen-bond donors (Lipinski definition) is 0. The minimum absolute atomic E-state index is 0.692. The molecule has 3 heteroatoms. The molecule has 0 aromatic heterocycles. The van der Waals surface area contributed by atoms with Crippen LogP contribution in [0.3, 0.4) is 0 Å². The summed E-state index contributed by atoms with van der Waals surface area (Å²) in [5.74, 6) is 0. The lowest BCUT2D eigenvalue weighted by molar-refractivity contribution is 0.315. The highest BCUT2D eigenvalue weighted by Crippen LogP contribution is 2.29. The summed E-state index contributed by atoms with van der Waals surface area (Å²) in [6.07, 6.45) is 1.26. The van der Waals surface area contributed by atoms with Gasteiger partial charge in [0.1, 0.15) is 0 Å². The molecule has 82 valence electrons. The number of anilines is 1. The van der Waals surface area contributed by atoms with Gasteiger partial charge in [0, 0.05) is 23.6 Å². The monoisotopic (exact) mass is 268 g/mol. The molecular formula is C12H17BrN2. The Morgan fingerprint density at radius 3 is 2.67 bits per heavy atom. The largest absolute Gasteiger partial charge is 0.369 e. The quantitative estimate of drug-likeness (QED) is 0.814. The molecule has 0 radical (unpaired) electrons. The van der Waals surface area contributed by atoms with Crippen LogP contribution in [0.2, 0.25) is 0 Å². The molecule has 0 aliphatic carbocycles. The smallest absolute Gasteiger partial charge is 0.0511 e. The molecule has 0 bridgehead atoms. The molecule has 2 rings (SSSR count). The molecular weight excluding hydrogens is 252 g/mol. The van der Waals surface area contributed by atoms with Crippen LogP contribution < -0.4 is 4.90 Å². The molecule has 1 aromatic carbocycles. The Hall–Kier alpha value is -0.540. The van der Waals surface area contributed by atoms with Crippen LogP contribution in [-0.4, -0.2) is 38.1 Å². The zero-order valence-electron chi connectivity index (χ0n) is 9.28. The number of halogens is 1. The van der Waals surface area contributed by atoms with Gasteiger partial charge in [-0.15, -0.1) is 0 Å². The van der Waals surface area contributed by atoms with Gasteiger partial charge in [-0.3, -0.25) is 0 Å². The highest BCUT2D eigenvalue weighted by molar-refractivity contribution is 9.10. The van der Waals surface area contributed by atoms with Crippen LogP contribution in [0.15, 0.2) is 28.7 Å². The Kier molecular flexibility index (Phi) is 3.32. The van der Waals surface area contributed by atoms with Gasteiger partial charge in [-0.05, 0) is 48.6 Å². The number of rotatable bonds is 2. The fraction of sp³-hybridized carbons (Fsp3) is 0.500. The summed E-state index contributed by atoms with van der Waals surface area (Å²) in [5.41, 5.74) is 1.32. The Morgan fingerprint density at radius 2 is 2.07 bits per heavy atom. The van der Waals surface area contributed by atoms with Gasteiger partial charge < -0.3 is 9.80 Å². The summed E-state index contributed by atoms with van der Waals surface area (Å²) >= 11 is 3.61. The molecule has 1 saturated heterocycles. The molecule has 1 aliphatic heterocycles. The first-order valence-corrected chi connectivity index (χ1v) is 6.13. The third-order valence-corrected chi connectivity index (χ3v) is 3.76. The lowest BCUT2D eigenvalue weighted by Gasteiger charge is -2.22. The van der Waals surface area contributed by atoms with Gasteiger partial charge in [-0.2, -0.15) is 0 Å². The van der Waals surface area contributed by atoms with E-state index in [0.717, 1.165) is 13.1 Å². The summed E-state index contributed by atoms with van der Waals surface area (Å²) < 4.78 is 1.20. The van der Waals surface area contributed by atoms with Gasteiger partial charge in [-0.25, -0.2) is 0 Å². The maximum atomic E-state index is 3.61. The Bertz CT molecular complexity index is 338. The highest BCUT2D eigenvalue weighted by atomic mass is 79.9. The third kappa shape index (κ3) is 2.34. The van der Waals surface area contributed by atoms with E-state index < -0.39 is 0 Å². The average molecular weight is 269 g/mol.